The summed E-state index contributed by atoms with van der Waals surface area (Å²) in [5.74, 6) is -2.63. The number of halogens is 3. The van der Waals surface area contributed by atoms with Crippen molar-refractivity contribution in [2.24, 2.45) is 0 Å². The largest absolute Gasteiger partial charge is 0.480 e. The molecule has 1 atom stereocenters. The number of para-hydroxylation sites is 1. The Labute approximate surface area is 129 Å². The van der Waals surface area contributed by atoms with Gasteiger partial charge in [-0.25, -0.2) is 4.79 Å². The molecule has 0 aliphatic carbocycles. The van der Waals surface area contributed by atoms with Crippen molar-refractivity contribution < 1.29 is 27.9 Å². The fourth-order valence-electron chi connectivity index (χ4n) is 2.16. The summed E-state index contributed by atoms with van der Waals surface area (Å²) in [4.78, 5) is 27.4. The molecular formula is C15H13F3N2O3. The Morgan fingerprint density at radius 2 is 1.96 bits per heavy atom. The van der Waals surface area contributed by atoms with E-state index >= 15 is 0 Å². The lowest BCUT2D eigenvalue weighted by Crippen LogP contribution is -2.43. The van der Waals surface area contributed by atoms with Gasteiger partial charge >= 0.3 is 12.1 Å². The van der Waals surface area contributed by atoms with Gasteiger partial charge in [0, 0.05) is 11.1 Å². The van der Waals surface area contributed by atoms with Gasteiger partial charge in [0.2, 0.25) is 0 Å². The molecule has 0 saturated carbocycles. The van der Waals surface area contributed by atoms with E-state index in [4.69, 9.17) is 5.11 Å². The molecule has 1 unspecified atom stereocenters. The highest BCUT2D eigenvalue weighted by molar-refractivity contribution is 6.07. The maximum Gasteiger partial charge on any atom is 0.391 e. The molecule has 1 aromatic heterocycles. The van der Waals surface area contributed by atoms with Crippen LogP contribution >= 0.6 is 0 Å². The Morgan fingerprint density at radius 3 is 2.57 bits per heavy atom. The first kappa shape index (κ1) is 16.7. The van der Waals surface area contributed by atoms with Gasteiger partial charge in [0.25, 0.3) is 5.91 Å². The van der Waals surface area contributed by atoms with Crippen LogP contribution in [0.1, 0.15) is 22.5 Å². The number of benzene rings is 1. The maximum absolute atomic E-state index is 12.4. The highest BCUT2D eigenvalue weighted by Crippen LogP contribution is 2.23. The minimum atomic E-state index is -4.70. The molecule has 2 N–H and O–H groups in total. The van der Waals surface area contributed by atoms with Gasteiger partial charge < -0.3 is 10.4 Å². The van der Waals surface area contributed by atoms with Crippen LogP contribution in [0.4, 0.5) is 13.2 Å². The van der Waals surface area contributed by atoms with E-state index in [1.54, 1.807) is 31.2 Å². The van der Waals surface area contributed by atoms with Crippen LogP contribution in [0.25, 0.3) is 10.9 Å². The van der Waals surface area contributed by atoms with E-state index in [2.05, 4.69) is 4.98 Å². The maximum atomic E-state index is 12.4. The summed E-state index contributed by atoms with van der Waals surface area (Å²) in [6, 6.07) is 5.97. The van der Waals surface area contributed by atoms with Gasteiger partial charge in [-0.15, -0.1) is 0 Å². The van der Waals surface area contributed by atoms with Crippen LogP contribution in [-0.2, 0) is 4.79 Å². The zero-order valence-corrected chi connectivity index (χ0v) is 12.0. The Kier molecular flexibility index (Phi) is 4.53. The van der Waals surface area contributed by atoms with Gasteiger partial charge in [0.15, 0.2) is 0 Å². The number of amides is 1. The SMILES string of the molecule is Cc1cc(C(=O)NC(CC(F)(F)F)C(=O)O)c2ccccc2n1. The van der Waals surface area contributed by atoms with Crippen LogP contribution in [0.3, 0.4) is 0 Å². The van der Waals surface area contributed by atoms with Crippen LogP contribution in [-0.4, -0.2) is 34.2 Å². The standard InChI is InChI=1S/C15H13F3N2O3/c1-8-6-10(9-4-2-3-5-11(9)19-8)13(21)20-12(14(22)23)7-15(16,17)18/h2-6,12H,7H2,1H3,(H,20,21)(H,22,23). The van der Waals surface area contributed by atoms with Crippen LogP contribution < -0.4 is 5.32 Å². The Bertz CT molecular complexity index is 759. The van der Waals surface area contributed by atoms with E-state index in [0.717, 1.165) is 0 Å². The van der Waals surface area contributed by atoms with E-state index in [1.807, 2.05) is 5.32 Å². The number of alkyl halides is 3. The average molecular weight is 326 g/mol. The van der Waals surface area contributed by atoms with Crippen molar-refractivity contribution in [1.82, 2.24) is 10.3 Å². The molecular weight excluding hydrogens is 313 g/mol. The topological polar surface area (TPSA) is 79.3 Å². The molecule has 0 aliphatic heterocycles. The fraction of sp³-hybridized carbons (Fsp3) is 0.267. The molecule has 2 aromatic rings. The van der Waals surface area contributed by atoms with Crippen molar-refractivity contribution >= 4 is 22.8 Å². The van der Waals surface area contributed by atoms with Crippen molar-refractivity contribution in [3.05, 3.63) is 41.6 Å². The first-order valence-corrected chi connectivity index (χ1v) is 6.64. The summed E-state index contributed by atoms with van der Waals surface area (Å²) in [5.41, 5.74) is 1.08. The molecule has 23 heavy (non-hydrogen) atoms. The van der Waals surface area contributed by atoms with Gasteiger partial charge in [0.1, 0.15) is 6.04 Å². The molecule has 0 radical (unpaired) electrons. The molecule has 0 aliphatic rings. The number of fused-ring (bicyclic) bond motifs is 1. The van der Waals surface area contributed by atoms with Crippen LogP contribution in [0.5, 0.6) is 0 Å². The van der Waals surface area contributed by atoms with Gasteiger partial charge in [-0.2, -0.15) is 13.2 Å². The Hall–Kier alpha value is -2.64. The number of aromatic nitrogens is 1. The summed E-state index contributed by atoms with van der Waals surface area (Å²) in [5, 5.41) is 11.2. The lowest BCUT2D eigenvalue weighted by atomic mass is 10.1. The smallest absolute Gasteiger partial charge is 0.391 e. The number of carboxylic acid groups (broad SMARTS) is 1. The lowest BCUT2D eigenvalue weighted by molar-refractivity contribution is -0.157. The summed E-state index contributed by atoms with van der Waals surface area (Å²) < 4.78 is 37.2. The van der Waals surface area contributed by atoms with Gasteiger partial charge in [-0.3, -0.25) is 9.78 Å². The van der Waals surface area contributed by atoms with E-state index < -0.39 is 30.5 Å². The number of nitrogens with one attached hydrogen (secondary N) is 1. The third kappa shape index (κ3) is 4.18. The molecule has 0 fully saturated rings. The second-order valence-corrected chi connectivity index (χ2v) is 5.01. The van der Waals surface area contributed by atoms with Gasteiger partial charge in [-0.1, -0.05) is 18.2 Å². The number of aliphatic carboxylic acids is 1. The minimum absolute atomic E-state index is 0.0847. The van der Waals surface area contributed by atoms with Crippen molar-refractivity contribution in [3.8, 4) is 0 Å². The first-order chi connectivity index (χ1) is 10.7. The Balaban J connectivity index is 2.35. The zero-order valence-electron chi connectivity index (χ0n) is 12.0. The molecule has 1 amide bonds. The monoisotopic (exact) mass is 326 g/mol. The van der Waals surface area contributed by atoms with Crippen LogP contribution in [0, 0.1) is 6.92 Å². The number of aryl methyl sites for hydroxylation is 1. The minimum Gasteiger partial charge on any atom is -0.480 e. The number of hydrogen-bond donors (Lipinski definition) is 2. The number of carbonyl (C=O) groups excluding carboxylic acids is 1. The first-order valence-electron chi connectivity index (χ1n) is 6.64. The number of hydrogen-bond acceptors (Lipinski definition) is 3. The lowest BCUT2D eigenvalue weighted by Gasteiger charge is -2.17. The molecule has 0 bridgehead atoms. The molecule has 2 rings (SSSR count). The zero-order chi connectivity index (χ0) is 17.2. The van der Waals surface area contributed by atoms with E-state index in [9.17, 15) is 22.8 Å². The van der Waals surface area contributed by atoms with Gasteiger partial charge in [0.05, 0.1) is 17.5 Å². The van der Waals surface area contributed by atoms with Crippen molar-refractivity contribution in [2.45, 2.75) is 25.6 Å². The van der Waals surface area contributed by atoms with Gasteiger partial charge in [-0.05, 0) is 19.1 Å². The molecule has 0 spiro atoms. The molecule has 0 saturated heterocycles. The molecule has 8 heteroatoms. The molecule has 122 valence electrons. The summed E-state index contributed by atoms with van der Waals surface area (Å²) >= 11 is 0. The second kappa shape index (κ2) is 6.23. The molecule has 1 aromatic carbocycles. The number of nitrogens with zero attached hydrogens (tertiary/aromatic N) is 1. The number of carboxylic acids is 1. The van der Waals surface area contributed by atoms with Crippen molar-refractivity contribution in [2.75, 3.05) is 0 Å². The van der Waals surface area contributed by atoms with Crippen LogP contribution in [0.15, 0.2) is 30.3 Å². The predicted octanol–water partition coefficient (Wildman–Crippen LogP) is 2.68. The third-order valence-corrected chi connectivity index (χ3v) is 3.13. The van der Waals surface area contributed by atoms with E-state index in [-0.39, 0.29) is 5.56 Å². The third-order valence-electron chi connectivity index (χ3n) is 3.13. The second-order valence-electron chi connectivity index (χ2n) is 5.01. The summed E-state index contributed by atoms with van der Waals surface area (Å²) in [6.07, 6.45) is -6.34. The summed E-state index contributed by atoms with van der Waals surface area (Å²) in [7, 11) is 0. The highest BCUT2D eigenvalue weighted by Gasteiger charge is 2.36. The molecule has 5 nitrogen and oxygen atoms in total. The normalized spacial score (nSPS) is 12.9. The van der Waals surface area contributed by atoms with Crippen molar-refractivity contribution in [3.63, 3.8) is 0 Å². The van der Waals surface area contributed by atoms with E-state index in [1.165, 1.54) is 6.07 Å². The predicted molar refractivity (Wildman–Crippen MR) is 76.0 cm³/mol. The number of rotatable bonds is 4. The fourth-order valence-corrected chi connectivity index (χ4v) is 2.16. The highest BCUT2D eigenvalue weighted by atomic mass is 19.4. The number of pyridine rings is 1. The van der Waals surface area contributed by atoms with E-state index in [0.29, 0.717) is 16.6 Å². The van der Waals surface area contributed by atoms with Crippen LogP contribution in [0.2, 0.25) is 0 Å². The quantitative estimate of drug-likeness (QED) is 0.905. The number of carbonyl (C=O) groups is 2. The summed E-state index contributed by atoms with van der Waals surface area (Å²) in [6.45, 7) is 1.63. The Morgan fingerprint density at radius 1 is 1.30 bits per heavy atom. The molecule has 1 heterocycles. The van der Waals surface area contributed by atoms with Crippen molar-refractivity contribution in [1.29, 1.82) is 0 Å². The average Bonchev–Trinajstić information content (AvgIpc) is 2.44.